The zero-order valence-corrected chi connectivity index (χ0v) is 31.7. The van der Waals surface area contributed by atoms with E-state index >= 15 is 0 Å². The van der Waals surface area contributed by atoms with Crippen molar-refractivity contribution in [3.8, 4) is 22.4 Å². The van der Waals surface area contributed by atoms with Crippen LogP contribution in [0.1, 0.15) is 85.7 Å². The summed E-state index contributed by atoms with van der Waals surface area (Å²) in [5.41, 5.74) is 7.47. The van der Waals surface area contributed by atoms with E-state index in [1.807, 2.05) is 97.6 Å². The van der Waals surface area contributed by atoms with Crippen molar-refractivity contribution in [2.75, 3.05) is 34.7 Å². The van der Waals surface area contributed by atoms with Crippen molar-refractivity contribution in [3.63, 3.8) is 0 Å². The molecule has 0 bridgehead atoms. The Bertz CT molecular complexity index is 1970. The van der Waals surface area contributed by atoms with Crippen molar-refractivity contribution in [2.24, 2.45) is 0 Å². The first-order valence-corrected chi connectivity index (χ1v) is 19.1. The lowest BCUT2D eigenvalue weighted by Crippen LogP contribution is -2.44. The summed E-state index contributed by atoms with van der Waals surface area (Å²) < 4.78 is 0. The minimum Gasteiger partial charge on any atom is -0.340 e. The van der Waals surface area contributed by atoms with Gasteiger partial charge >= 0.3 is 0 Å². The Balaban J connectivity index is 1.05. The van der Waals surface area contributed by atoms with Gasteiger partial charge in [0.15, 0.2) is 0 Å². The molecule has 8 heteroatoms. The fourth-order valence-electron chi connectivity index (χ4n) is 8.54. The standard InChI is InChI=1S/C45H52N6O2/c1-6-37-27-28-39(51(37)45(53)42(49(4)5)36-16-11-8-12-17-36)34-25-21-32(22-26-34)31-19-23-33(24-20-31)38-30-46-43(47-38)40-18-13-29-50(40)44(52)41(48(2)3)35-14-9-7-10-15-35/h7-12,14-17,19-26,30,37,39-42H,6,13,18,27-29H2,1-5H3,(H,46,47)/t37-,39?,40-,41+,42+/m0/s1. The second-order valence-corrected chi connectivity index (χ2v) is 15.0. The molecule has 2 fully saturated rings. The van der Waals surface area contributed by atoms with Crippen LogP contribution in [0.2, 0.25) is 0 Å². The van der Waals surface area contributed by atoms with Crippen LogP contribution in [-0.2, 0) is 9.59 Å². The minimum absolute atomic E-state index is 0.0582. The minimum atomic E-state index is -0.337. The Morgan fingerprint density at radius 3 is 1.81 bits per heavy atom. The second kappa shape index (κ2) is 15.9. The highest BCUT2D eigenvalue weighted by Crippen LogP contribution is 2.41. The summed E-state index contributed by atoms with van der Waals surface area (Å²) in [4.78, 5) is 44.7. The lowest BCUT2D eigenvalue weighted by molar-refractivity contribution is -0.140. The first-order valence-electron chi connectivity index (χ1n) is 19.1. The molecule has 2 aliphatic heterocycles. The SMILES string of the molecule is CC[C@H]1CCC(c2ccc(-c3ccc(-c4cnc([C@@H]5CCCN5C(=O)[C@@H](c5ccccc5)N(C)C)[nH]4)cc3)cc2)N1C(=O)[C@@H](c1ccccc1)N(C)C. The smallest absolute Gasteiger partial charge is 0.245 e. The van der Waals surface area contributed by atoms with Gasteiger partial charge in [0.2, 0.25) is 11.8 Å². The molecule has 1 unspecified atom stereocenters. The Morgan fingerprint density at radius 2 is 1.25 bits per heavy atom. The summed E-state index contributed by atoms with van der Waals surface area (Å²) in [5, 5.41) is 0. The molecule has 1 aromatic heterocycles. The van der Waals surface area contributed by atoms with Crippen LogP contribution in [0, 0.1) is 0 Å². The van der Waals surface area contributed by atoms with Crippen LogP contribution >= 0.6 is 0 Å². The molecule has 0 spiro atoms. The van der Waals surface area contributed by atoms with Gasteiger partial charge in [-0.05, 0) is 93.7 Å². The third-order valence-corrected chi connectivity index (χ3v) is 11.2. The molecule has 7 rings (SSSR count). The monoisotopic (exact) mass is 708 g/mol. The number of nitrogens with zero attached hydrogens (tertiary/aromatic N) is 5. The van der Waals surface area contributed by atoms with Gasteiger partial charge in [0.05, 0.1) is 24.0 Å². The van der Waals surface area contributed by atoms with Crippen molar-refractivity contribution < 1.29 is 9.59 Å². The second-order valence-electron chi connectivity index (χ2n) is 15.0. The number of benzene rings is 4. The van der Waals surface area contributed by atoms with E-state index in [0.29, 0.717) is 0 Å². The molecule has 1 N–H and O–H groups in total. The maximum absolute atomic E-state index is 14.3. The van der Waals surface area contributed by atoms with Crippen LogP contribution in [0.4, 0.5) is 0 Å². The number of carbonyl (C=O) groups excluding carboxylic acids is 2. The van der Waals surface area contributed by atoms with Crippen molar-refractivity contribution in [1.82, 2.24) is 29.6 Å². The lowest BCUT2D eigenvalue weighted by Gasteiger charge is -2.36. The topological polar surface area (TPSA) is 75.8 Å². The van der Waals surface area contributed by atoms with Crippen molar-refractivity contribution in [2.45, 2.75) is 69.2 Å². The molecule has 274 valence electrons. The third kappa shape index (κ3) is 7.44. The molecule has 5 atom stereocenters. The molecule has 2 saturated heterocycles. The van der Waals surface area contributed by atoms with Crippen LogP contribution in [0.3, 0.4) is 0 Å². The fraction of sp³-hybridized carbons (Fsp3) is 0.356. The average Bonchev–Trinajstić information content (AvgIpc) is 3.96. The van der Waals surface area contributed by atoms with E-state index < -0.39 is 0 Å². The van der Waals surface area contributed by atoms with Crippen LogP contribution in [0.25, 0.3) is 22.4 Å². The number of H-pyrrole nitrogens is 1. The third-order valence-electron chi connectivity index (χ3n) is 11.2. The molecular weight excluding hydrogens is 657 g/mol. The molecule has 2 amide bonds. The Hall–Kier alpha value is -5.05. The number of aromatic amines is 1. The lowest BCUT2D eigenvalue weighted by atomic mass is 9.97. The van der Waals surface area contributed by atoms with Crippen molar-refractivity contribution in [1.29, 1.82) is 0 Å². The van der Waals surface area contributed by atoms with Gasteiger partial charge in [0.1, 0.15) is 17.9 Å². The maximum Gasteiger partial charge on any atom is 0.245 e. The number of rotatable bonds is 11. The van der Waals surface area contributed by atoms with Crippen LogP contribution in [0.5, 0.6) is 0 Å². The van der Waals surface area contributed by atoms with E-state index in [0.717, 1.165) is 78.0 Å². The van der Waals surface area contributed by atoms with Gasteiger partial charge in [-0.15, -0.1) is 0 Å². The molecule has 0 saturated carbocycles. The first kappa shape index (κ1) is 36.3. The number of aromatic nitrogens is 2. The van der Waals surface area contributed by atoms with Gasteiger partial charge in [0.25, 0.3) is 0 Å². The Labute approximate surface area is 314 Å². The number of imidazole rings is 1. The number of hydrogen-bond acceptors (Lipinski definition) is 5. The van der Waals surface area contributed by atoms with Crippen LogP contribution in [0.15, 0.2) is 115 Å². The predicted molar refractivity (Wildman–Crippen MR) is 212 cm³/mol. The van der Waals surface area contributed by atoms with E-state index in [2.05, 4.69) is 77.5 Å². The predicted octanol–water partition coefficient (Wildman–Crippen LogP) is 8.46. The highest BCUT2D eigenvalue weighted by molar-refractivity contribution is 5.85. The molecule has 53 heavy (non-hydrogen) atoms. The molecule has 5 aromatic rings. The van der Waals surface area contributed by atoms with Gasteiger partial charge in [0, 0.05) is 12.6 Å². The van der Waals surface area contributed by atoms with E-state index in [1.165, 1.54) is 5.56 Å². The summed E-state index contributed by atoms with van der Waals surface area (Å²) in [6.07, 6.45) is 6.65. The molecule has 8 nitrogen and oxygen atoms in total. The number of carbonyl (C=O) groups is 2. The number of nitrogens with one attached hydrogen (secondary N) is 1. The van der Waals surface area contributed by atoms with Gasteiger partial charge in [-0.25, -0.2) is 4.98 Å². The summed E-state index contributed by atoms with van der Waals surface area (Å²) >= 11 is 0. The highest BCUT2D eigenvalue weighted by Gasteiger charge is 2.41. The van der Waals surface area contributed by atoms with E-state index in [4.69, 9.17) is 4.98 Å². The van der Waals surface area contributed by atoms with Crippen LogP contribution in [-0.4, -0.2) is 82.2 Å². The molecule has 3 heterocycles. The average molecular weight is 709 g/mol. The molecule has 4 aromatic carbocycles. The van der Waals surface area contributed by atoms with Crippen LogP contribution < -0.4 is 0 Å². The summed E-state index contributed by atoms with van der Waals surface area (Å²) in [6.45, 7) is 2.91. The number of amides is 2. The van der Waals surface area contributed by atoms with Gasteiger partial charge < -0.3 is 14.8 Å². The van der Waals surface area contributed by atoms with Crippen molar-refractivity contribution in [3.05, 3.63) is 138 Å². The Morgan fingerprint density at radius 1 is 0.698 bits per heavy atom. The quantitative estimate of drug-likeness (QED) is 0.149. The van der Waals surface area contributed by atoms with Gasteiger partial charge in [-0.1, -0.05) is 116 Å². The number of hydrogen-bond donors (Lipinski definition) is 1. The van der Waals surface area contributed by atoms with Gasteiger partial charge in [-0.2, -0.15) is 0 Å². The van der Waals surface area contributed by atoms with E-state index in [1.54, 1.807) is 0 Å². The molecule has 0 aliphatic carbocycles. The summed E-state index contributed by atoms with van der Waals surface area (Å²) in [6, 6.07) is 37.0. The zero-order chi connectivity index (χ0) is 37.1. The summed E-state index contributed by atoms with van der Waals surface area (Å²) in [7, 11) is 7.91. The number of likely N-dealkylation sites (N-methyl/N-ethyl adjacent to an activating group) is 2. The van der Waals surface area contributed by atoms with E-state index in [9.17, 15) is 9.59 Å². The highest BCUT2D eigenvalue weighted by atomic mass is 16.2. The first-order chi connectivity index (χ1) is 25.7. The van der Waals surface area contributed by atoms with E-state index in [-0.39, 0.29) is 42.0 Å². The summed E-state index contributed by atoms with van der Waals surface area (Å²) in [5.74, 6) is 1.12. The zero-order valence-electron chi connectivity index (χ0n) is 31.7. The molecule has 0 radical (unpaired) electrons. The van der Waals surface area contributed by atoms with Gasteiger partial charge in [-0.3, -0.25) is 19.4 Å². The fourth-order valence-corrected chi connectivity index (χ4v) is 8.54. The van der Waals surface area contributed by atoms with Crippen molar-refractivity contribution >= 4 is 11.8 Å². The Kier molecular flexibility index (Phi) is 10.9. The maximum atomic E-state index is 14.3. The number of likely N-dealkylation sites (tertiary alicyclic amines) is 2. The molecule has 2 aliphatic rings. The normalized spacial score (nSPS) is 19.9. The molecular formula is C45H52N6O2. The largest absolute Gasteiger partial charge is 0.340 e.